The van der Waals surface area contributed by atoms with E-state index in [1.54, 1.807) is 14.2 Å². The second-order valence-corrected chi connectivity index (χ2v) is 5.00. The second kappa shape index (κ2) is 7.14. The van der Waals surface area contributed by atoms with E-state index >= 15 is 0 Å². The fourth-order valence-electron chi connectivity index (χ4n) is 2.03. The molecule has 0 aromatic heterocycles. The molecule has 21 heavy (non-hydrogen) atoms. The summed E-state index contributed by atoms with van der Waals surface area (Å²) in [5.41, 5.74) is 1.96. The molecule has 1 atom stereocenters. The predicted octanol–water partition coefficient (Wildman–Crippen LogP) is 4.54. The monoisotopic (exact) mass is 303 g/mol. The third kappa shape index (κ3) is 3.76. The number of benzene rings is 2. The summed E-state index contributed by atoms with van der Waals surface area (Å²) < 4.78 is 10.5. The Balaban J connectivity index is 2.19. The van der Waals surface area contributed by atoms with E-state index in [1.165, 1.54) is 0 Å². The van der Waals surface area contributed by atoms with Crippen molar-refractivity contribution in [1.82, 2.24) is 0 Å². The van der Waals surface area contributed by atoms with Gasteiger partial charge in [0.1, 0.15) is 0 Å². The molecule has 2 rings (SSSR count). The molecule has 110 valence electrons. The Hall–Kier alpha value is -2.00. The first-order valence-electron chi connectivity index (χ1n) is 6.65. The van der Waals surface area contributed by atoms with Crippen LogP contribution in [0.5, 0.6) is 11.5 Å². The van der Waals surface area contributed by atoms with Gasteiger partial charge in [-0.25, -0.2) is 0 Å². The van der Waals surface area contributed by atoms with Crippen molar-refractivity contribution >= 4 is 17.8 Å². The van der Waals surface area contributed by atoms with Gasteiger partial charge in [0.25, 0.3) is 0 Å². The Labute approximate surface area is 130 Å². The summed E-state index contributed by atoms with van der Waals surface area (Å²) in [6.07, 6.45) is 1.82. The van der Waals surface area contributed by atoms with Crippen LogP contribution < -0.4 is 9.47 Å². The SMILES string of the molecule is COc1ccc(C=NC(C)c2ccccc2Cl)cc1OC. The van der Waals surface area contributed by atoms with Crippen molar-refractivity contribution in [3.05, 3.63) is 58.6 Å². The number of nitrogens with zero attached hydrogens (tertiary/aromatic N) is 1. The molecule has 1 unspecified atom stereocenters. The van der Waals surface area contributed by atoms with Crippen LogP contribution in [0.1, 0.15) is 24.1 Å². The van der Waals surface area contributed by atoms with E-state index in [1.807, 2.05) is 55.6 Å². The number of halogens is 1. The minimum atomic E-state index is -0.00760. The highest BCUT2D eigenvalue weighted by Crippen LogP contribution is 2.28. The average Bonchev–Trinajstić information content (AvgIpc) is 2.52. The molecule has 0 bridgehead atoms. The summed E-state index contributed by atoms with van der Waals surface area (Å²) in [4.78, 5) is 4.55. The van der Waals surface area contributed by atoms with Gasteiger partial charge in [-0.15, -0.1) is 0 Å². The van der Waals surface area contributed by atoms with Gasteiger partial charge in [0.05, 0.1) is 20.3 Å². The Morgan fingerprint density at radius 3 is 2.43 bits per heavy atom. The molecule has 0 saturated heterocycles. The second-order valence-electron chi connectivity index (χ2n) is 4.59. The summed E-state index contributed by atoms with van der Waals surface area (Å²) in [5, 5.41) is 0.731. The maximum Gasteiger partial charge on any atom is 0.161 e. The fourth-order valence-corrected chi connectivity index (χ4v) is 2.32. The smallest absolute Gasteiger partial charge is 0.161 e. The Morgan fingerprint density at radius 2 is 1.76 bits per heavy atom. The maximum absolute atomic E-state index is 6.18. The number of methoxy groups -OCH3 is 2. The topological polar surface area (TPSA) is 30.8 Å². The van der Waals surface area contributed by atoms with Crippen LogP contribution in [0, 0.1) is 0 Å². The Bertz CT molecular complexity index is 640. The Kier molecular flexibility index (Phi) is 5.23. The molecule has 0 aliphatic heterocycles. The first-order valence-corrected chi connectivity index (χ1v) is 7.03. The van der Waals surface area contributed by atoms with E-state index < -0.39 is 0 Å². The van der Waals surface area contributed by atoms with E-state index in [0.29, 0.717) is 11.5 Å². The number of hydrogen-bond acceptors (Lipinski definition) is 3. The molecular weight excluding hydrogens is 286 g/mol. The van der Waals surface area contributed by atoms with Crippen molar-refractivity contribution < 1.29 is 9.47 Å². The zero-order valence-electron chi connectivity index (χ0n) is 12.3. The predicted molar refractivity (Wildman–Crippen MR) is 87.0 cm³/mol. The highest BCUT2D eigenvalue weighted by Gasteiger charge is 2.07. The molecule has 0 aliphatic carbocycles. The number of ether oxygens (including phenoxy) is 2. The van der Waals surface area contributed by atoms with Crippen LogP contribution in [-0.4, -0.2) is 20.4 Å². The van der Waals surface area contributed by atoms with Crippen LogP contribution in [0.3, 0.4) is 0 Å². The molecule has 0 radical (unpaired) electrons. The van der Waals surface area contributed by atoms with Gasteiger partial charge < -0.3 is 9.47 Å². The van der Waals surface area contributed by atoms with Crippen LogP contribution >= 0.6 is 11.6 Å². The quantitative estimate of drug-likeness (QED) is 0.759. The fraction of sp³-hybridized carbons (Fsp3) is 0.235. The molecule has 2 aromatic carbocycles. The number of rotatable bonds is 5. The lowest BCUT2D eigenvalue weighted by Crippen LogP contribution is -1.94. The zero-order chi connectivity index (χ0) is 15.2. The van der Waals surface area contributed by atoms with Crippen LogP contribution in [0.2, 0.25) is 5.02 Å². The highest BCUT2D eigenvalue weighted by atomic mass is 35.5. The van der Waals surface area contributed by atoms with Crippen LogP contribution in [0.25, 0.3) is 0 Å². The van der Waals surface area contributed by atoms with E-state index in [9.17, 15) is 0 Å². The molecule has 2 aromatic rings. The van der Waals surface area contributed by atoms with Crippen molar-refractivity contribution in [2.24, 2.45) is 4.99 Å². The van der Waals surface area contributed by atoms with Crippen molar-refractivity contribution in [3.8, 4) is 11.5 Å². The van der Waals surface area contributed by atoms with Crippen LogP contribution in [-0.2, 0) is 0 Å². The summed E-state index contributed by atoms with van der Waals surface area (Å²) >= 11 is 6.18. The van der Waals surface area contributed by atoms with Gasteiger partial charge in [0.2, 0.25) is 0 Å². The lowest BCUT2D eigenvalue weighted by Gasteiger charge is -2.09. The summed E-state index contributed by atoms with van der Waals surface area (Å²) in [5.74, 6) is 1.39. The normalized spacial score (nSPS) is 12.4. The van der Waals surface area contributed by atoms with E-state index in [4.69, 9.17) is 21.1 Å². The van der Waals surface area contributed by atoms with E-state index in [0.717, 1.165) is 16.1 Å². The Morgan fingerprint density at radius 1 is 1.05 bits per heavy atom. The van der Waals surface area contributed by atoms with Gasteiger partial charge in [0.15, 0.2) is 11.5 Å². The largest absolute Gasteiger partial charge is 0.493 e. The lowest BCUT2D eigenvalue weighted by molar-refractivity contribution is 0.355. The van der Waals surface area contributed by atoms with E-state index in [-0.39, 0.29) is 6.04 Å². The minimum Gasteiger partial charge on any atom is -0.493 e. The van der Waals surface area contributed by atoms with E-state index in [2.05, 4.69) is 4.99 Å². The molecule has 0 saturated carbocycles. The molecular formula is C17H18ClNO2. The molecule has 0 amide bonds. The van der Waals surface area contributed by atoms with Gasteiger partial charge in [-0.1, -0.05) is 29.8 Å². The first kappa shape index (κ1) is 15.4. The van der Waals surface area contributed by atoms with Crippen molar-refractivity contribution in [1.29, 1.82) is 0 Å². The van der Waals surface area contributed by atoms with Gasteiger partial charge in [-0.05, 0) is 42.3 Å². The third-order valence-electron chi connectivity index (χ3n) is 3.21. The molecule has 0 spiro atoms. The van der Waals surface area contributed by atoms with Gasteiger partial charge in [0, 0.05) is 11.2 Å². The molecule has 0 aliphatic rings. The van der Waals surface area contributed by atoms with Crippen LogP contribution in [0.4, 0.5) is 0 Å². The van der Waals surface area contributed by atoms with Crippen LogP contribution in [0.15, 0.2) is 47.5 Å². The lowest BCUT2D eigenvalue weighted by atomic mass is 10.1. The molecule has 3 nitrogen and oxygen atoms in total. The molecule has 0 N–H and O–H groups in total. The zero-order valence-corrected chi connectivity index (χ0v) is 13.1. The average molecular weight is 304 g/mol. The summed E-state index contributed by atoms with van der Waals surface area (Å²) in [7, 11) is 3.23. The summed E-state index contributed by atoms with van der Waals surface area (Å²) in [6.45, 7) is 2.01. The number of hydrogen-bond donors (Lipinski definition) is 0. The highest BCUT2D eigenvalue weighted by molar-refractivity contribution is 6.31. The minimum absolute atomic E-state index is 0.00760. The first-order chi connectivity index (χ1) is 10.2. The standard InChI is InChI=1S/C17H18ClNO2/c1-12(14-6-4-5-7-15(14)18)19-11-13-8-9-16(20-2)17(10-13)21-3/h4-12H,1-3H3. The van der Waals surface area contributed by atoms with Crippen molar-refractivity contribution in [2.45, 2.75) is 13.0 Å². The summed E-state index contributed by atoms with van der Waals surface area (Å²) in [6, 6.07) is 13.4. The van der Waals surface area contributed by atoms with Crippen molar-refractivity contribution in [3.63, 3.8) is 0 Å². The molecule has 0 heterocycles. The number of aliphatic imine (C=N–C) groups is 1. The third-order valence-corrected chi connectivity index (χ3v) is 3.55. The molecule has 4 heteroatoms. The van der Waals surface area contributed by atoms with Gasteiger partial charge in [-0.2, -0.15) is 0 Å². The van der Waals surface area contributed by atoms with Gasteiger partial charge >= 0.3 is 0 Å². The van der Waals surface area contributed by atoms with Gasteiger partial charge in [-0.3, -0.25) is 4.99 Å². The van der Waals surface area contributed by atoms with Crippen molar-refractivity contribution in [2.75, 3.05) is 14.2 Å². The molecule has 0 fully saturated rings. The maximum atomic E-state index is 6.18.